The second kappa shape index (κ2) is 11.4. The van der Waals surface area contributed by atoms with Crippen molar-refractivity contribution in [2.45, 2.75) is 32.6 Å². The van der Waals surface area contributed by atoms with Crippen molar-refractivity contribution in [3.8, 4) is 0 Å². The summed E-state index contributed by atoms with van der Waals surface area (Å²) in [5.74, 6) is 0.755. The molecule has 0 radical (unpaired) electrons. The molecule has 0 unspecified atom stereocenters. The number of aromatic nitrogens is 1. The van der Waals surface area contributed by atoms with Gasteiger partial charge in [0, 0.05) is 41.0 Å². The normalized spacial score (nSPS) is 15.3. The lowest BCUT2D eigenvalue weighted by molar-refractivity contribution is 0.188. The maximum absolute atomic E-state index is 9.81. The number of aryl methyl sites for hydroxylation is 1. The smallest absolute Gasteiger partial charge is 0.0881 e. The summed E-state index contributed by atoms with van der Waals surface area (Å²) in [6.07, 6.45) is 4.34. The fourth-order valence-corrected chi connectivity index (χ4v) is 5.22. The Balaban J connectivity index is 1.19. The van der Waals surface area contributed by atoms with E-state index in [-0.39, 0.29) is 0 Å². The fraction of sp³-hybridized carbons (Fsp3) is 0.290. The van der Waals surface area contributed by atoms with Crippen molar-refractivity contribution in [3.63, 3.8) is 0 Å². The zero-order valence-corrected chi connectivity index (χ0v) is 20.9. The van der Waals surface area contributed by atoms with E-state index in [2.05, 4.69) is 68.9 Å². The molecule has 0 atom stereocenters. The molecule has 0 bridgehead atoms. The van der Waals surface area contributed by atoms with Crippen LogP contribution < -0.4 is 5.32 Å². The van der Waals surface area contributed by atoms with Crippen molar-refractivity contribution in [3.05, 3.63) is 102 Å². The molecule has 0 aliphatic carbocycles. The predicted octanol–water partition coefficient (Wildman–Crippen LogP) is 6.81. The molecule has 36 heavy (non-hydrogen) atoms. The number of piperidine rings is 1. The van der Waals surface area contributed by atoms with Gasteiger partial charge in [-0.3, -0.25) is 4.98 Å². The van der Waals surface area contributed by atoms with Gasteiger partial charge in [0.1, 0.15) is 0 Å². The van der Waals surface area contributed by atoms with Crippen LogP contribution in [0.25, 0.3) is 10.9 Å². The van der Waals surface area contributed by atoms with Crippen LogP contribution in [0.4, 0.5) is 11.4 Å². The van der Waals surface area contributed by atoms with Gasteiger partial charge < -0.3 is 15.4 Å². The third kappa shape index (κ3) is 5.92. The van der Waals surface area contributed by atoms with E-state index in [0.29, 0.717) is 0 Å². The number of anilines is 2. The first-order valence-corrected chi connectivity index (χ1v) is 12.9. The van der Waals surface area contributed by atoms with Crippen LogP contribution in [0.15, 0.2) is 90.1 Å². The highest BCUT2D eigenvalue weighted by molar-refractivity contribution is 6.01. The first kappa shape index (κ1) is 24.0. The minimum absolute atomic E-state index is 0.723. The van der Waals surface area contributed by atoms with Gasteiger partial charge in [0.05, 0.1) is 11.2 Å². The number of oxime groups is 1. The first-order chi connectivity index (χ1) is 17.7. The number of para-hydroxylation sites is 1. The van der Waals surface area contributed by atoms with Crippen molar-refractivity contribution in [1.82, 2.24) is 9.88 Å². The Morgan fingerprint density at radius 2 is 1.75 bits per heavy atom. The number of likely N-dealkylation sites (tertiary alicyclic amines) is 1. The van der Waals surface area contributed by atoms with Crippen LogP contribution in [0, 0.1) is 12.8 Å². The summed E-state index contributed by atoms with van der Waals surface area (Å²) in [4.78, 5) is 7.13. The van der Waals surface area contributed by atoms with Crippen LogP contribution >= 0.6 is 0 Å². The van der Waals surface area contributed by atoms with Crippen LogP contribution in [-0.4, -0.2) is 40.4 Å². The van der Waals surface area contributed by atoms with E-state index in [4.69, 9.17) is 0 Å². The Bertz CT molecular complexity index is 1330. The van der Waals surface area contributed by atoms with Crippen molar-refractivity contribution < 1.29 is 5.21 Å². The maximum atomic E-state index is 9.81. The van der Waals surface area contributed by atoms with E-state index in [9.17, 15) is 5.21 Å². The number of nitrogens with one attached hydrogen (secondary N) is 1. The minimum atomic E-state index is 0.723. The highest BCUT2D eigenvalue weighted by Gasteiger charge is 2.20. The summed E-state index contributed by atoms with van der Waals surface area (Å²) in [5, 5.41) is 18.1. The second-order valence-electron chi connectivity index (χ2n) is 9.81. The minimum Gasteiger partial charge on any atom is -0.411 e. The Kier molecular flexibility index (Phi) is 7.58. The summed E-state index contributed by atoms with van der Waals surface area (Å²) >= 11 is 0. The summed E-state index contributed by atoms with van der Waals surface area (Å²) in [7, 11) is 0. The van der Waals surface area contributed by atoms with E-state index in [1.807, 2.05) is 43.3 Å². The van der Waals surface area contributed by atoms with Crippen LogP contribution in [0.5, 0.6) is 0 Å². The lowest BCUT2D eigenvalue weighted by Crippen LogP contribution is -2.35. The topological polar surface area (TPSA) is 60.8 Å². The van der Waals surface area contributed by atoms with Gasteiger partial charge >= 0.3 is 0 Å². The summed E-state index contributed by atoms with van der Waals surface area (Å²) in [6, 6.07) is 29.2. The number of hydrogen-bond donors (Lipinski definition) is 2. The molecule has 184 valence electrons. The van der Waals surface area contributed by atoms with E-state index in [0.717, 1.165) is 71.2 Å². The highest BCUT2D eigenvalue weighted by Crippen LogP contribution is 2.27. The number of fused-ring (bicyclic) bond motifs is 1. The molecule has 5 nitrogen and oxygen atoms in total. The predicted molar refractivity (Wildman–Crippen MR) is 148 cm³/mol. The van der Waals surface area contributed by atoms with Gasteiger partial charge in [0.15, 0.2) is 0 Å². The second-order valence-corrected chi connectivity index (χ2v) is 9.81. The molecule has 0 spiro atoms. The van der Waals surface area contributed by atoms with Crippen molar-refractivity contribution >= 4 is 28.0 Å². The molecule has 1 aliphatic rings. The van der Waals surface area contributed by atoms with Gasteiger partial charge in [-0.05, 0) is 75.0 Å². The standard InChI is InChI=1S/C31H34N4O/c1-23-20-31(28-12-5-6-13-30(28)32-23)33-27-11-7-10-26(22-27)29(34-36)16-19-35-17-14-25(15-18-35)21-24-8-3-2-4-9-24/h2-13,20,22,25,36H,14-19,21H2,1H3,(H,32,33). The molecule has 0 saturated carbocycles. The number of nitrogens with zero attached hydrogens (tertiary/aromatic N) is 3. The Morgan fingerprint density at radius 1 is 0.972 bits per heavy atom. The van der Waals surface area contributed by atoms with Gasteiger partial charge in [-0.15, -0.1) is 0 Å². The molecule has 2 heterocycles. The van der Waals surface area contributed by atoms with E-state index in [1.54, 1.807) is 0 Å². The third-order valence-corrected chi connectivity index (χ3v) is 7.18. The number of hydrogen-bond acceptors (Lipinski definition) is 5. The molecule has 0 amide bonds. The Morgan fingerprint density at radius 3 is 2.56 bits per heavy atom. The largest absolute Gasteiger partial charge is 0.411 e. The fourth-order valence-electron chi connectivity index (χ4n) is 5.22. The van der Waals surface area contributed by atoms with Crippen molar-refractivity contribution in [2.24, 2.45) is 11.1 Å². The zero-order chi connectivity index (χ0) is 24.7. The van der Waals surface area contributed by atoms with Crippen LogP contribution in [0.1, 0.15) is 36.1 Å². The molecule has 4 aromatic rings. The molecule has 3 aromatic carbocycles. The van der Waals surface area contributed by atoms with Gasteiger partial charge in [-0.1, -0.05) is 65.8 Å². The highest BCUT2D eigenvalue weighted by atomic mass is 16.4. The summed E-state index contributed by atoms with van der Waals surface area (Å²) < 4.78 is 0. The Hall–Kier alpha value is -3.70. The summed E-state index contributed by atoms with van der Waals surface area (Å²) in [5.41, 5.74) is 7.03. The van der Waals surface area contributed by atoms with Gasteiger partial charge in [-0.25, -0.2) is 0 Å². The monoisotopic (exact) mass is 478 g/mol. The average molecular weight is 479 g/mol. The molecule has 2 N–H and O–H groups in total. The van der Waals surface area contributed by atoms with E-state index in [1.165, 1.54) is 24.8 Å². The molecule has 5 rings (SSSR count). The SMILES string of the molecule is Cc1cc(Nc2cccc(C(CCN3CCC(Cc4ccccc4)CC3)=NO)c2)c2ccccc2n1. The van der Waals surface area contributed by atoms with E-state index >= 15 is 0 Å². The summed E-state index contributed by atoms with van der Waals surface area (Å²) in [6.45, 7) is 5.12. The molecule has 1 fully saturated rings. The zero-order valence-electron chi connectivity index (χ0n) is 20.9. The van der Waals surface area contributed by atoms with Crippen LogP contribution in [-0.2, 0) is 6.42 Å². The van der Waals surface area contributed by atoms with Crippen molar-refractivity contribution in [2.75, 3.05) is 25.0 Å². The van der Waals surface area contributed by atoms with E-state index < -0.39 is 0 Å². The average Bonchev–Trinajstić information content (AvgIpc) is 2.91. The number of pyridine rings is 1. The molecule has 1 aliphatic heterocycles. The molecule has 1 saturated heterocycles. The van der Waals surface area contributed by atoms with Gasteiger partial charge in [0.25, 0.3) is 0 Å². The van der Waals surface area contributed by atoms with Crippen LogP contribution in [0.3, 0.4) is 0 Å². The lowest BCUT2D eigenvalue weighted by Gasteiger charge is -2.32. The molecule has 5 heteroatoms. The molecular weight excluding hydrogens is 444 g/mol. The first-order valence-electron chi connectivity index (χ1n) is 12.9. The van der Waals surface area contributed by atoms with Crippen molar-refractivity contribution in [1.29, 1.82) is 0 Å². The van der Waals surface area contributed by atoms with Crippen LogP contribution in [0.2, 0.25) is 0 Å². The lowest BCUT2D eigenvalue weighted by atomic mass is 9.90. The maximum Gasteiger partial charge on any atom is 0.0881 e. The quantitative estimate of drug-likeness (QED) is 0.166. The molecule has 1 aromatic heterocycles. The van der Waals surface area contributed by atoms with Gasteiger partial charge in [-0.2, -0.15) is 0 Å². The Labute approximate surface area is 213 Å². The molecular formula is C31H34N4O. The van der Waals surface area contributed by atoms with Gasteiger partial charge in [0.2, 0.25) is 0 Å². The number of rotatable bonds is 8. The number of benzene rings is 3. The third-order valence-electron chi connectivity index (χ3n) is 7.18.